The largest absolute Gasteiger partial charge is 0.508 e. The van der Waals surface area contributed by atoms with E-state index in [1.165, 1.54) is 0 Å². The second-order valence-electron chi connectivity index (χ2n) is 3.99. The average Bonchev–Trinajstić information content (AvgIpc) is 2.48. The maximum atomic E-state index is 11.6. The van der Waals surface area contributed by atoms with Gasteiger partial charge in [0.1, 0.15) is 12.4 Å². The number of esters is 1. The summed E-state index contributed by atoms with van der Waals surface area (Å²) in [7, 11) is 0. The molecule has 0 saturated carbocycles. The molecule has 106 valence electrons. The van der Waals surface area contributed by atoms with Crippen molar-refractivity contribution in [3.05, 3.63) is 65.7 Å². The van der Waals surface area contributed by atoms with E-state index in [1.54, 1.807) is 24.3 Å². The molecular weight excluding hydrogens is 252 g/mol. The molecule has 0 aliphatic heterocycles. The highest BCUT2D eigenvalue weighted by Gasteiger charge is 2.05. The van der Waals surface area contributed by atoms with Gasteiger partial charge in [0.15, 0.2) is 0 Å². The highest BCUT2D eigenvalue weighted by Crippen LogP contribution is 2.12. The number of phenolic OH excluding ortho intramolecular Hbond substituents is 1. The quantitative estimate of drug-likeness (QED) is 0.863. The van der Waals surface area contributed by atoms with Gasteiger partial charge in [0.25, 0.3) is 0 Å². The second kappa shape index (κ2) is 8.75. The smallest absolute Gasteiger partial charge is 0.310 e. The standard InChI is InChI=1S/C15H14O3.C2H6/c16-14-8-4-7-13(9-14)10-15(17)18-11-12-5-2-1-3-6-12;1-2/h1-9,16H,10-11H2;1-2H3. The summed E-state index contributed by atoms with van der Waals surface area (Å²) in [4.78, 5) is 11.6. The fourth-order valence-electron chi connectivity index (χ4n) is 1.62. The lowest BCUT2D eigenvalue weighted by Gasteiger charge is -2.05. The van der Waals surface area contributed by atoms with Crippen LogP contribution in [-0.2, 0) is 22.6 Å². The predicted molar refractivity (Wildman–Crippen MR) is 79.4 cm³/mol. The zero-order chi connectivity index (χ0) is 14.8. The van der Waals surface area contributed by atoms with Crippen LogP contribution in [0.15, 0.2) is 54.6 Å². The maximum Gasteiger partial charge on any atom is 0.310 e. The molecule has 2 aromatic carbocycles. The third-order valence-electron chi connectivity index (χ3n) is 2.50. The Bertz CT molecular complexity index is 521. The molecule has 0 aliphatic carbocycles. The lowest BCUT2D eigenvalue weighted by molar-refractivity contribution is -0.144. The fourth-order valence-corrected chi connectivity index (χ4v) is 1.62. The van der Waals surface area contributed by atoms with Crippen molar-refractivity contribution in [2.75, 3.05) is 0 Å². The van der Waals surface area contributed by atoms with Gasteiger partial charge in [-0.05, 0) is 23.3 Å². The number of ether oxygens (including phenoxy) is 1. The summed E-state index contributed by atoms with van der Waals surface area (Å²) in [5, 5.41) is 9.28. The van der Waals surface area contributed by atoms with Crippen LogP contribution in [0.3, 0.4) is 0 Å². The first-order valence-electron chi connectivity index (χ1n) is 6.71. The van der Waals surface area contributed by atoms with Crippen LogP contribution >= 0.6 is 0 Å². The van der Waals surface area contributed by atoms with E-state index >= 15 is 0 Å². The molecule has 3 heteroatoms. The topological polar surface area (TPSA) is 46.5 Å². The summed E-state index contributed by atoms with van der Waals surface area (Å²) in [5.41, 5.74) is 1.70. The van der Waals surface area contributed by atoms with E-state index in [-0.39, 0.29) is 24.7 Å². The van der Waals surface area contributed by atoms with Gasteiger partial charge in [-0.3, -0.25) is 4.79 Å². The number of hydrogen-bond acceptors (Lipinski definition) is 3. The van der Waals surface area contributed by atoms with Crippen LogP contribution in [0.4, 0.5) is 0 Å². The summed E-state index contributed by atoms with van der Waals surface area (Å²) >= 11 is 0. The molecule has 0 saturated heterocycles. The van der Waals surface area contributed by atoms with Gasteiger partial charge in [0.05, 0.1) is 6.42 Å². The van der Waals surface area contributed by atoms with Gasteiger partial charge >= 0.3 is 5.97 Å². The molecule has 0 spiro atoms. The minimum absolute atomic E-state index is 0.156. The lowest BCUT2D eigenvalue weighted by Crippen LogP contribution is -2.07. The Morgan fingerprint density at radius 3 is 2.30 bits per heavy atom. The molecular formula is C17H20O3. The molecule has 0 aromatic heterocycles. The SMILES string of the molecule is CC.O=C(Cc1cccc(O)c1)OCc1ccccc1. The Kier molecular flexibility index (Phi) is 6.90. The molecule has 2 rings (SSSR count). The number of phenols is 1. The number of aromatic hydroxyl groups is 1. The van der Waals surface area contributed by atoms with Crippen molar-refractivity contribution >= 4 is 5.97 Å². The van der Waals surface area contributed by atoms with Crippen LogP contribution in [0.25, 0.3) is 0 Å². The van der Waals surface area contributed by atoms with Crippen molar-refractivity contribution in [2.45, 2.75) is 26.9 Å². The van der Waals surface area contributed by atoms with Crippen LogP contribution in [0.2, 0.25) is 0 Å². The van der Waals surface area contributed by atoms with E-state index < -0.39 is 0 Å². The van der Waals surface area contributed by atoms with Gasteiger partial charge in [-0.15, -0.1) is 0 Å². The zero-order valence-corrected chi connectivity index (χ0v) is 11.9. The molecule has 3 nitrogen and oxygen atoms in total. The van der Waals surface area contributed by atoms with Crippen LogP contribution in [-0.4, -0.2) is 11.1 Å². The second-order valence-corrected chi connectivity index (χ2v) is 3.99. The normalized spacial score (nSPS) is 9.30. The first-order valence-corrected chi connectivity index (χ1v) is 6.71. The molecule has 1 N–H and O–H groups in total. The van der Waals surface area contributed by atoms with Crippen molar-refractivity contribution in [2.24, 2.45) is 0 Å². The summed E-state index contributed by atoms with van der Waals surface area (Å²) < 4.78 is 5.15. The van der Waals surface area contributed by atoms with E-state index in [0.29, 0.717) is 0 Å². The molecule has 0 unspecified atom stereocenters. The number of hydrogen-bond donors (Lipinski definition) is 1. The monoisotopic (exact) mass is 272 g/mol. The first kappa shape index (κ1) is 15.8. The number of benzene rings is 2. The van der Waals surface area contributed by atoms with Gasteiger partial charge in [-0.2, -0.15) is 0 Å². The van der Waals surface area contributed by atoms with Crippen LogP contribution < -0.4 is 0 Å². The van der Waals surface area contributed by atoms with Crippen LogP contribution in [0.5, 0.6) is 5.75 Å². The van der Waals surface area contributed by atoms with Crippen LogP contribution in [0.1, 0.15) is 25.0 Å². The average molecular weight is 272 g/mol. The third-order valence-corrected chi connectivity index (χ3v) is 2.50. The highest BCUT2D eigenvalue weighted by molar-refractivity contribution is 5.72. The third kappa shape index (κ3) is 5.57. The van der Waals surface area contributed by atoms with E-state index in [4.69, 9.17) is 4.74 Å². The predicted octanol–water partition coefficient (Wildman–Crippen LogP) is 3.70. The fraction of sp³-hybridized carbons (Fsp3) is 0.235. The van der Waals surface area contributed by atoms with Crippen molar-refractivity contribution in [3.63, 3.8) is 0 Å². The van der Waals surface area contributed by atoms with Crippen molar-refractivity contribution in [1.82, 2.24) is 0 Å². The van der Waals surface area contributed by atoms with Crippen molar-refractivity contribution in [1.29, 1.82) is 0 Å². The first-order chi connectivity index (χ1) is 9.74. The number of carbonyl (C=O) groups is 1. The molecule has 20 heavy (non-hydrogen) atoms. The van der Waals surface area contributed by atoms with Crippen LogP contribution in [0, 0.1) is 0 Å². The molecule has 0 atom stereocenters. The van der Waals surface area contributed by atoms with E-state index in [9.17, 15) is 9.90 Å². The number of carbonyl (C=O) groups excluding carboxylic acids is 1. The summed E-state index contributed by atoms with van der Waals surface area (Å²) in [5.74, 6) is -0.146. The summed E-state index contributed by atoms with van der Waals surface area (Å²) in [6, 6.07) is 16.1. The highest BCUT2D eigenvalue weighted by atomic mass is 16.5. The van der Waals surface area contributed by atoms with Gasteiger partial charge in [-0.1, -0.05) is 56.3 Å². The Hall–Kier alpha value is -2.29. The molecule has 0 radical (unpaired) electrons. The summed E-state index contributed by atoms with van der Waals surface area (Å²) in [6.07, 6.45) is 0.168. The molecule has 0 fully saturated rings. The van der Waals surface area contributed by atoms with E-state index in [2.05, 4.69) is 0 Å². The lowest BCUT2D eigenvalue weighted by atomic mass is 10.1. The van der Waals surface area contributed by atoms with Gasteiger partial charge in [0, 0.05) is 0 Å². The van der Waals surface area contributed by atoms with Gasteiger partial charge in [-0.25, -0.2) is 0 Å². The number of rotatable bonds is 4. The summed E-state index contributed by atoms with van der Waals surface area (Å²) in [6.45, 7) is 4.28. The maximum absolute atomic E-state index is 11.6. The molecule has 0 amide bonds. The Labute approximate surface area is 119 Å². The zero-order valence-electron chi connectivity index (χ0n) is 11.9. The van der Waals surface area contributed by atoms with E-state index in [1.807, 2.05) is 44.2 Å². The molecule has 0 aliphatic rings. The Morgan fingerprint density at radius 1 is 1.00 bits per heavy atom. The van der Waals surface area contributed by atoms with Gasteiger partial charge < -0.3 is 9.84 Å². The van der Waals surface area contributed by atoms with Crippen molar-refractivity contribution in [3.8, 4) is 5.75 Å². The molecule has 0 heterocycles. The Morgan fingerprint density at radius 2 is 1.65 bits per heavy atom. The van der Waals surface area contributed by atoms with Crippen molar-refractivity contribution < 1.29 is 14.6 Å². The minimum Gasteiger partial charge on any atom is -0.508 e. The molecule has 2 aromatic rings. The Balaban J connectivity index is 0.000000956. The van der Waals surface area contributed by atoms with Gasteiger partial charge in [0.2, 0.25) is 0 Å². The van der Waals surface area contributed by atoms with E-state index in [0.717, 1.165) is 11.1 Å². The minimum atomic E-state index is -0.301. The molecule has 0 bridgehead atoms.